The van der Waals surface area contributed by atoms with Crippen molar-refractivity contribution in [2.24, 2.45) is 5.92 Å². The van der Waals surface area contributed by atoms with E-state index in [0.29, 0.717) is 12.0 Å². The predicted molar refractivity (Wildman–Crippen MR) is 89.9 cm³/mol. The number of nitrogens with zero attached hydrogens (tertiary/aromatic N) is 1. The Bertz CT molecular complexity index is 487. The third-order valence-corrected chi connectivity index (χ3v) is 5.31. The topological polar surface area (TPSA) is 41.6 Å². The van der Waals surface area contributed by atoms with Crippen LogP contribution in [0.15, 0.2) is 22.9 Å². The van der Waals surface area contributed by atoms with E-state index >= 15 is 0 Å². The van der Waals surface area contributed by atoms with E-state index in [1.54, 1.807) is 17.4 Å². The van der Waals surface area contributed by atoms with E-state index in [9.17, 15) is 4.79 Å². The minimum absolute atomic E-state index is 0.0119. The number of hydrogen-bond acceptors (Lipinski definition) is 4. The molecular formula is C17H24N2O2S. The molecule has 5 heteroatoms. The second-order valence-corrected chi connectivity index (χ2v) is 6.91. The number of carbonyl (C=O) groups excluding carboxylic acids is 1. The maximum absolute atomic E-state index is 11.8. The highest BCUT2D eigenvalue weighted by molar-refractivity contribution is 7.08. The Balaban J connectivity index is 1.35. The van der Waals surface area contributed by atoms with Crippen LogP contribution in [-0.2, 0) is 9.53 Å². The Hall–Kier alpha value is -1.17. The zero-order chi connectivity index (χ0) is 15.2. The third kappa shape index (κ3) is 4.41. The number of hydrogen-bond donors (Lipinski definition) is 1. The molecule has 1 amide bonds. The first-order valence-corrected chi connectivity index (χ1v) is 9.05. The molecule has 0 aromatic carbocycles. The van der Waals surface area contributed by atoms with Gasteiger partial charge in [-0.15, -0.1) is 0 Å². The van der Waals surface area contributed by atoms with Crippen molar-refractivity contribution in [3.63, 3.8) is 0 Å². The highest BCUT2D eigenvalue weighted by atomic mass is 32.1. The second-order valence-electron chi connectivity index (χ2n) is 6.13. The second kappa shape index (κ2) is 7.90. The Morgan fingerprint density at radius 2 is 2.27 bits per heavy atom. The Morgan fingerprint density at radius 1 is 1.41 bits per heavy atom. The molecule has 0 spiro atoms. The molecule has 1 unspecified atom stereocenters. The van der Waals surface area contributed by atoms with Gasteiger partial charge in [-0.3, -0.25) is 9.69 Å². The zero-order valence-corrected chi connectivity index (χ0v) is 13.7. The molecule has 2 fully saturated rings. The van der Waals surface area contributed by atoms with Crippen LogP contribution in [0.1, 0.15) is 24.8 Å². The van der Waals surface area contributed by atoms with Crippen molar-refractivity contribution >= 4 is 23.3 Å². The van der Waals surface area contributed by atoms with Gasteiger partial charge < -0.3 is 10.1 Å². The summed E-state index contributed by atoms with van der Waals surface area (Å²) >= 11 is 1.64. The molecule has 3 rings (SSSR count). The van der Waals surface area contributed by atoms with Crippen molar-refractivity contribution in [2.75, 3.05) is 32.8 Å². The molecule has 22 heavy (non-hydrogen) atoms. The first-order chi connectivity index (χ1) is 10.8. The van der Waals surface area contributed by atoms with Gasteiger partial charge in [-0.2, -0.15) is 11.3 Å². The first kappa shape index (κ1) is 15.7. The molecular weight excluding hydrogens is 296 g/mol. The number of carbonyl (C=O) groups is 1. The number of rotatable bonds is 5. The van der Waals surface area contributed by atoms with Crippen molar-refractivity contribution in [1.82, 2.24) is 10.2 Å². The maximum atomic E-state index is 11.8. The highest BCUT2D eigenvalue weighted by Crippen LogP contribution is 2.21. The minimum Gasteiger partial charge on any atom is -0.380 e. The Morgan fingerprint density at radius 3 is 2.95 bits per heavy atom. The van der Waals surface area contributed by atoms with Gasteiger partial charge in [-0.1, -0.05) is 0 Å². The molecule has 1 aromatic rings. The number of thiophene rings is 1. The fourth-order valence-electron chi connectivity index (χ4n) is 3.18. The normalized spacial score (nSPS) is 24.1. The van der Waals surface area contributed by atoms with Crippen LogP contribution in [0.25, 0.3) is 6.08 Å². The molecule has 2 aliphatic heterocycles. The van der Waals surface area contributed by atoms with E-state index in [2.05, 4.69) is 10.2 Å². The van der Waals surface area contributed by atoms with Gasteiger partial charge in [0.05, 0.1) is 6.61 Å². The van der Waals surface area contributed by atoms with E-state index in [0.717, 1.165) is 38.4 Å². The van der Waals surface area contributed by atoms with Crippen LogP contribution in [0, 0.1) is 5.92 Å². The smallest absolute Gasteiger partial charge is 0.244 e. The number of ether oxygens (including phenoxy) is 1. The first-order valence-electron chi connectivity index (χ1n) is 8.11. The minimum atomic E-state index is 0.0119. The van der Waals surface area contributed by atoms with Crippen LogP contribution in [0.3, 0.4) is 0 Å². The molecule has 1 aromatic heterocycles. The lowest BCUT2D eigenvalue weighted by Gasteiger charge is -2.35. The highest BCUT2D eigenvalue weighted by Gasteiger charge is 2.27. The summed E-state index contributed by atoms with van der Waals surface area (Å²) in [7, 11) is 0. The Labute approximate surface area is 136 Å². The summed E-state index contributed by atoms with van der Waals surface area (Å²) in [6, 6.07) is 2.64. The summed E-state index contributed by atoms with van der Waals surface area (Å²) in [6.07, 6.45) is 7.02. The van der Waals surface area contributed by atoms with Crippen LogP contribution >= 0.6 is 11.3 Å². The van der Waals surface area contributed by atoms with Gasteiger partial charge in [0.1, 0.15) is 0 Å². The van der Waals surface area contributed by atoms with Gasteiger partial charge in [0, 0.05) is 25.3 Å². The molecule has 0 aliphatic carbocycles. The van der Waals surface area contributed by atoms with Gasteiger partial charge in [0.25, 0.3) is 0 Å². The largest absolute Gasteiger partial charge is 0.380 e. The van der Waals surface area contributed by atoms with E-state index in [-0.39, 0.29) is 5.91 Å². The van der Waals surface area contributed by atoms with Gasteiger partial charge in [0.2, 0.25) is 5.91 Å². The van der Waals surface area contributed by atoms with Crippen molar-refractivity contribution in [2.45, 2.75) is 25.3 Å². The molecule has 2 aliphatic rings. The lowest BCUT2D eigenvalue weighted by molar-refractivity contribution is -0.116. The number of likely N-dealkylation sites (tertiary alicyclic amines) is 1. The van der Waals surface area contributed by atoms with Crippen molar-refractivity contribution in [3.8, 4) is 0 Å². The third-order valence-electron chi connectivity index (χ3n) is 4.61. The molecule has 1 N–H and O–H groups in total. The van der Waals surface area contributed by atoms with E-state index in [1.165, 1.54) is 19.3 Å². The van der Waals surface area contributed by atoms with Crippen molar-refractivity contribution in [3.05, 3.63) is 28.5 Å². The molecule has 0 saturated carbocycles. The van der Waals surface area contributed by atoms with Crippen molar-refractivity contribution in [1.29, 1.82) is 0 Å². The standard InChI is InChI=1S/C17H24N2O2S/c20-17(2-1-15-6-10-22-13-15)18-11-14-3-7-19(8-4-14)16-5-9-21-12-16/h1-2,6,10,13-14,16H,3-5,7-9,11-12H2,(H,18,20)/b2-1+. The van der Waals surface area contributed by atoms with Gasteiger partial charge in [-0.05, 0) is 66.7 Å². The molecule has 4 nitrogen and oxygen atoms in total. The molecule has 120 valence electrons. The summed E-state index contributed by atoms with van der Waals surface area (Å²) in [5, 5.41) is 7.08. The fraction of sp³-hybridized carbons (Fsp3) is 0.588. The predicted octanol–water partition coefficient (Wildman–Crippen LogP) is 2.38. The molecule has 2 saturated heterocycles. The van der Waals surface area contributed by atoms with Crippen LogP contribution in [0.2, 0.25) is 0 Å². The number of amides is 1. The van der Waals surface area contributed by atoms with E-state index < -0.39 is 0 Å². The van der Waals surface area contributed by atoms with Gasteiger partial charge in [-0.25, -0.2) is 0 Å². The van der Waals surface area contributed by atoms with Crippen LogP contribution in [-0.4, -0.2) is 49.7 Å². The number of piperidine rings is 1. The zero-order valence-electron chi connectivity index (χ0n) is 12.9. The summed E-state index contributed by atoms with van der Waals surface area (Å²) < 4.78 is 5.47. The van der Waals surface area contributed by atoms with Gasteiger partial charge >= 0.3 is 0 Å². The average Bonchev–Trinajstić information content (AvgIpc) is 3.24. The molecule has 0 bridgehead atoms. The average molecular weight is 320 g/mol. The van der Waals surface area contributed by atoms with Gasteiger partial charge in [0.15, 0.2) is 0 Å². The monoisotopic (exact) mass is 320 g/mol. The molecule has 0 radical (unpaired) electrons. The number of nitrogens with one attached hydrogen (secondary N) is 1. The summed E-state index contributed by atoms with van der Waals surface area (Å²) in [5.74, 6) is 0.620. The lowest BCUT2D eigenvalue weighted by atomic mass is 9.95. The van der Waals surface area contributed by atoms with Crippen molar-refractivity contribution < 1.29 is 9.53 Å². The SMILES string of the molecule is O=C(/C=C/c1ccsc1)NCC1CCN(C2CCOC2)CC1. The fourth-order valence-corrected chi connectivity index (χ4v) is 3.81. The summed E-state index contributed by atoms with van der Waals surface area (Å²) in [4.78, 5) is 14.4. The maximum Gasteiger partial charge on any atom is 0.244 e. The van der Waals surface area contributed by atoms with E-state index in [4.69, 9.17) is 4.74 Å². The van der Waals surface area contributed by atoms with Crippen LogP contribution in [0.5, 0.6) is 0 Å². The lowest BCUT2D eigenvalue weighted by Crippen LogP contribution is -2.43. The molecule has 1 atom stereocenters. The van der Waals surface area contributed by atoms with Crippen LogP contribution in [0.4, 0.5) is 0 Å². The van der Waals surface area contributed by atoms with Crippen LogP contribution < -0.4 is 5.32 Å². The van der Waals surface area contributed by atoms with E-state index in [1.807, 2.05) is 22.9 Å². The quantitative estimate of drug-likeness (QED) is 0.847. The Kier molecular flexibility index (Phi) is 5.64. The summed E-state index contributed by atoms with van der Waals surface area (Å²) in [6.45, 7) is 4.88. The molecule has 3 heterocycles. The summed E-state index contributed by atoms with van der Waals surface area (Å²) in [5.41, 5.74) is 1.09.